The van der Waals surface area contributed by atoms with Gasteiger partial charge in [0.05, 0.1) is 5.01 Å². The fraction of sp³-hybridized carbons (Fsp3) is 0.400. The number of rotatable bonds is 5. The predicted molar refractivity (Wildman–Crippen MR) is 81.3 cm³/mol. The van der Waals surface area contributed by atoms with Crippen molar-refractivity contribution in [3.8, 4) is 0 Å². The third kappa shape index (κ3) is 3.86. The van der Waals surface area contributed by atoms with Crippen molar-refractivity contribution in [2.45, 2.75) is 39.7 Å². The maximum absolute atomic E-state index is 5.67. The van der Waals surface area contributed by atoms with E-state index in [0.717, 1.165) is 23.5 Å². The van der Waals surface area contributed by atoms with Crippen molar-refractivity contribution in [3.05, 3.63) is 51.0 Å². The first kappa shape index (κ1) is 14.2. The minimum Gasteiger partial charge on any atom is -0.271 e. The average Bonchev–Trinajstić information content (AvgIpc) is 2.78. The molecule has 0 fully saturated rings. The van der Waals surface area contributed by atoms with Gasteiger partial charge in [0.15, 0.2) is 0 Å². The molecule has 2 rings (SSSR count). The molecule has 0 aliphatic heterocycles. The molecule has 0 radical (unpaired) electrons. The normalized spacial score (nSPS) is 12.6. The third-order valence-electron chi connectivity index (χ3n) is 3.38. The van der Waals surface area contributed by atoms with Gasteiger partial charge in [0.1, 0.15) is 0 Å². The summed E-state index contributed by atoms with van der Waals surface area (Å²) in [4.78, 5) is 4.49. The molecule has 0 saturated carbocycles. The zero-order chi connectivity index (χ0) is 13.8. The molecule has 0 aliphatic carbocycles. The van der Waals surface area contributed by atoms with Crippen molar-refractivity contribution in [1.29, 1.82) is 0 Å². The number of thiazole rings is 1. The Balaban J connectivity index is 2.04. The number of nitrogens with two attached hydrogens (primary N) is 1. The summed E-state index contributed by atoms with van der Waals surface area (Å²) in [5.41, 5.74) is 7.97. The highest BCUT2D eigenvalue weighted by atomic mass is 32.1. The molecule has 102 valence electrons. The Morgan fingerprint density at radius 1 is 1.21 bits per heavy atom. The van der Waals surface area contributed by atoms with Crippen molar-refractivity contribution in [1.82, 2.24) is 10.4 Å². The summed E-state index contributed by atoms with van der Waals surface area (Å²) in [5, 5.41) is 3.23. The fourth-order valence-electron chi connectivity index (χ4n) is 2.11. The largest absolute Gasteiger partial charge is 0.271 e. The van der Waals surface area contributed by atoms with Crippen LogP contribution in [0.25, 0.3) is 0 Å². The van der Waals surface area contributed by atoms with Crippen LogP contribution in [-0.2, 0) is 12.8 Å². The van der Waals surface area contributed by atoms with Crippen molar-refractivity contribution < 1.29 is 0 Å². The van der Waals surface area contributed by atoms with Crippen LogP contribution in [-0.4, -0.2) is 11.0 Å². The smallest absolute Gasteiger partial charge is 0.0944 e. The van der Waals surface area contributed by atoms with E-state index in [4.69, 9.17) is 5.84 Å². The maximum atomic E-state index is 5.67. The van der Waals surface area contributed by atoms with E-state index in [1.165, 1.54) is 16.7 Å². The molecule has 2 aromatic rings. The highest BCUT2D eigenvalue weighted by Crippen LogP contribution is 2.15. The monoisotopic (exact) mass is 275 g/mol. The second-order valence-electron chi connectivity index (χ2n) is 5.07. The number of nitrogens with one attached hydrogen (secondary N) is 1. The van der Waals surface area contributed by atoms with Crippen LogP contribution in [0.2, 0.25) is 0 Å². The SMILES string of the molecule is Cc1csc(CC(Cc2ccc(C)c(C)c2)NN)n1. The lowest BCUT2D eigenvalue weighted by molar-refractivity contribution is 0.521. The lowest BCUT2D eigenvalue weighted by Gasteiger charge is -2.15. The van der Waals surface area contributed by atoms with Gasteiger partial charge >= 0.3 is 0 Å². The Labute approximate surface area is 118 Å². The van der Waals surface area contributed by atoms with Gasteiger partial charge in [-0.05, 0) is 43.9 Å². The molecule has 0 spiro atoms. The third-order valence-corrected chi connectivity index (χ3v) is 4.37. The molecule has 1 atom stereocenters. The van der Waals surface area contributed by atoms with Gasteiger partial charge in [-0.2, -0.15) is 0 Å². The molecule has 0 saturated heterocycles. The first-order valence-electron chi connectivity index (χ1n) is 6.51. The van der Waals surface area contributed by atoms with E-state index < -0.39 is 0 Å². The zero-order valence-electron chi connectivity index (χ0n) is 11.7. The van der Waals surface area contributed by atoms with Crippen LogP contribution in [0, 0.1) is 20.8 Å². The number of aromatic nitrogens is 1. The molecule has 1 aromatic heterocycles. The molecule has 0 bridgehead atoms. The number of benzene rings is 1. The van der Waals surface area contributed by atoms with Crippen LogP contribution in [0.5, 0.6) is 0 Å². The number of hydrogen-bond donors (Lipinski definition) is 2. The predicted octanol–water partition coefficient (Wildman–Crippen LogP) is 2.69. The Hall–Kier alpha value is -1.23. The molecule has 19 heavy (non-hydrogen) atoms. The lowest BCUT2D eigenvalue weighted by Crippen LogP contribution is -2.38. The van der Waals surface area contributed by atoms with E-state index >= 15 is 0 Å². The van der Waals surface area contributed by atoms with Crippen molar-refractivity contribution in [3.63, 3.8) is 0 Å². The second-order valence-corrected chi connectivity index (χ2v) is 6.02. The molecule has 4 heteroatoms. The van der Waals surface area contributed by atoms with Crippen molar-refractivity contribution in [2.75, 3.05) is 0 Å². The van der Waals surface area contributed by atoms with Gasteiger partial charge in [-0.3, -0.25) is 11.3 Å². The van der Waals surface area contributed by atoms with E-state index in [-0.39, 0.29) is 6.04 Å². The second kappa shape index (κ2) is 6.28. The molecular weight excluding hydrogens is 254 g/mol. The summed E-state index contributed by atoms with van der Waals surface area (Å²) in [6, 6.07) is 6.82. The van der Waals surface area contributed by atoms with Gasteiger partial charge in [-0.15, -0.1) is 11.3 Å². The minimum absolute atomic E-state index is 0.229. The molecule has 3 nitrogen and oxygen atoms in total. The Morgan fingerprint density at radius 3 is 2.58 bits per heavy atom. The van der Waals surface area contributed by atoms with E-state index in [0.29, 0.717) is 0 Å². The zero-order valence-corrected chi connectivity index (χ0v) is 12.6. The minimum atomic E-state index is 0.229. The first-order chi connectivity index (χ1) is 9.08. The van der Waals surface area contributed by atoms with Gasteiger partial charge < -0.3 is 0 Å². The quantitative estimate of drug-likeness (QED) is 0.651. The first-order valence-corrected chi connectivity index (χ1v) is 7.39. The molecule has 1 unspecified atom stereocenters. The van der Waals surface area contributed by atoms with Crippen LogP contribution < -0.4 is 11.3 Å². The lowest BCUT2D eigenvalue weighted by atomic mass is 10.00. The van der Waals surface area contributed by atoms with Gasteiger partial charge in [-0.25, -0.2) is 4.98 Å². The number of hydrazine groups is 1. The highest BCUT2D eigenvalue weighted by molar-refractivity contribution is 7.09. The average molecular weight is 275 g/mol. The summed E-state index contributed by atoms with van der Waals surface area (Å²) in [7, 11) is 0. The van der Waals surface area contributed by atoms with Crippen molar-refractivity contribution in [2.24, 2.45) is 5.84 Å². The summed E-state index contributed by atoms with van der Waals surface area (Å²) in [6.07, 6.45) is 1.80. The van der Waals surface area contributed by atoms with E-state index in [1.807, 2.05) is 6.92 Å². The van der Waals surface area contributed by atoms with Gasteiger partial charge in [-0.1, -0.05) is 18.2 Å². The maximum Gasteiger partial charge on any atom is 0.0944 e. The topological polar surface area (TPSA) is 50.9 Å². The molecular formula is C15H21N3S. The molecule has 1 heterocycles. The van der Waals surface area contributed by atoms with E-state index in [1.54, 1.807) is 11.3 Å². The Bertz CT molecular complexity index is 548. The van der Waals surface area contributed by atoms with Gasteiger partial charge in [0.2, 0.25) is 0 Å². The number of nitrogens with zero attached hydrogens (tertiary/aromatic N) is 1. The highest BCUT2D eigenvalue weighted by Gasteiger charge is 2.11. The van der Waals surface area contributed by atoms with Crippen LogP contribution in [0.1, 0.15) is 27.4 Å². The number of aryl methyl sites for hydroxylation is 3. The fourth-order valence-corrected chi connectivity index (χ4v) is 2.97. The van der Waals surface area contributed by atoms with Crippen LogP contribution >= 0.6 is 11.3 Å². The van der Waals surface area contributed by atoms with Gasteiger partial charge in [0.25, 0.3) is 0 Å². The summed E-state index contributed by atoms with van der Waals surface area (Å²) < 4.78 is 0. The number of hydrogen-bond acceptors (Lipinski definition) is 4. The molecule has 0 aliphatic rings. The summed E-state index contributed by atoms with van der Waals surface area (Å²) >= 11 is 1.70. The van der Waals surface area contributed by atoms with E-state index in [9.17, 15) is 0 Å². The molecule has 3 N–H and O–H groups in total. The van der Waals surface area contributed by atoms with Crippen LogP contribution in [0.4, 0.5) is 0 Å². The molecule has 1 aromatic carbocycles. The standard InChI is InChI=1S/C15H21N3S/c1-10-4-5-13(6-11(10)2)7-14(18-16)8-15-17-12(3)9-19-15/h4-6,9,14,18H,7-8,16H2,1-3H3. The van der Waals surface area contributed by atoms with E-state index in [2.05, 4.69) is 47.8 Å². The Morgan fingerprint density at radius 2 is 2.00 bits per heavy atom. The van der Waals surface area contributed by atoms with Crippen LogP contribution in [0.3, 0.4) is 0 Å². The summed E-state index contributed by atoms with van der Waals surface area (Å²) in [5.74, 6) is 5.67. The Kier molecular flexibility index (Phi) is 4.69. The molecule has 0 amide bonds. The van der Waals surface area contributed by atoms with Crippen LogP contribution in [0.15, 0.2) is 23.6 Å². The van der Waals surface area contributed by atoms with Crippen molar-refractivity contribution >= 4 is 11.3 Å². The summed E-state index contributed by atoms with van der Waals surface area (Å²) in [6.45, 7) is 6.30. The van der Waals surface area contributed by atoms with Gasteiger partial charge in [0, 0.05) is 23.5 Å².